The lowest BCUT2D eigenvalue weighted by Crippen LogP contribution is -2.32. The van der Waals surface area contributed by atoms with Crippen LogP contribution in [0.25, 0.3) is 0 Å². The highest BCUT2D eigenvalue weighted by atomic mass is 32.2. The molecule has 0 spiro atoms. The molecule has 2 aromatic carbocycles. The SMILES string of the molecule is COc1ccccc1OCCN1C(=O)CSC1c1cccc([N+](=O)[O-])c1. The summed E-state index contributed by atoms with van der Waals surface area (Å²) in [5.74, 6) is 1.59. The van der Waals surface area contributed by atoms with Crippen LogP contribution in [0.2, 0.25) is 0 Å². The summed E-state index contributed by atoms with van der Waals surface area (Å²) in [7, 11) is 1.57. The lowest BCUT2D eigenvalue weighted by molar-refractivity contribution is -0.384. The molecular formula is C18H18N2O5S. The van der Waals surface area contributed by atoms with Crippen molar-refractivity contribution in [3.63, 3.8) is 0 Å². The number of para-hydroxylation sites is 2. The molecule has 1 unspecified atom stereocenters. The predicted molar refractivity (Wildman–Crippen MR) is 98.5 cm³/mol. The van der Waals surface area contributed by atoms with Gasteiger partial charge in [-0.2, -0.15) is 0 Å². The number of nitro benzene ring substituents is 1. The number of non-ortho nitro benzene ring substituents is 1. The Kier molecular flexibility index (Phi) is 5.62. The van der Waals surface area contributed by atoms with Crippen LogP contribution in [0.1, 0.15) is 10.9 Å². The van der Waals surface area contributed by atoms with Crippen molar-refractivity contribution in [2.24, 2.45) is 0 Å². The number of rotatable bonds is 7. The standard InChI is InChI=1S/C18H18N2O5S/c1-24-15-7-2-3-8-16(15)25-10-9-19-17(21)12-26-18(19)13-5-4-6-14(11-13)20(22)23/h2-8,11,18H,9-10,12H2,1H3. The second-order valence-electron chi connectivity index (χ2n) is 5.60. The van der Waals surface area contributed by atoms with Gasteiger partial charge >= 0.3 is 0 Å². The molecule has 26 heavy (non-hydrogen) atoms. The van der Waals surface area contributed by atoms with E-state index in [4.69, 9.17) is 9.47 Å². The van der Waals surface area contributed by atoms with Crippen LogP contribution < -0.4 is 9.47 Å². The monoisotopic (exact) mass is 374 g/mol. The molecule has 136 valence electrons. The number of methoxy groups -OCH3 is 1. The van der Waals surface area contributed by atoms with Crippen LogP contribution in [0, 0.1) is 10.1 Å². The fourth-order valence-electron chi connectivity index (χ4n) is 2.76. The average Bonchev–Trinajstić information content (AvgIpc) is 3.03. The van der Waals surface area contributed by atoms with Gasteiger partial charge in [-0.15, -0.1) is 11.8 Å². The Labute approximate surface area is 155 Å². The third-order valence-corrected chi connectivity index (χ3v) is 5.25. The quantitative estimate of drug-likeness (QED) is 0.546. The van der Waals surface area contributed by atoms with Gasteiger partial charge in [0.05, 0.1) is 24.3 Å². The highest BCUT2D eigenvalue weighted by Gasteiger charge is 2.33. The van der Waals surface area contributed by atoms with E-state index in [1.54, 1.807) is 36.3 Å². The summed E-state index contributed by atoms with van der Waals surface area (Å²) in [5, 5.41) is 10.7. The first-order valence-corrected chi connectivity index (χ1v) is 9.06. The zero-order chi connectivity index (χ0) is 18.5. The van der Waals surface area contributed by atoms with Crippen molar-refractivity contribution in [1.82, 2.24) is 4.90 Å². The van der Waals surface area contributed by atoms with Gasteiger partial charge < -0.3 is 14.4 Å². The summed E-state index contributed by atoms with van der Waals surface area (Å²) < 4.78 is 11.0. The molecular weight excluding hydrogens is 356 g/mol. The van der Waals surface area contributed by atoms with Gasteiger partial charge in [-0.05, 0) is 17.7 Å². The molecule has 1 aliphatic heterocycles. The predicted octanol–water partition coefficient (Wildman–Crippen LogP) is 3.26. The Balaban J connectivity index is 1.68. The normalized spacial score (nSPS) is 16.6. The second kappa shape index (κ2) is 8.09. The number of thioether (sulfide) groups is 1. The van der Waals surface area contributed by atoms with E-state index in [1.165, 1.54) is 23.9 Å². The smallest absolute Gasteiger partial charge is 0.269 e. The maximum absolute atomic E-state index is 12.2. The first-order chi connectivity index (χ1) is 12.6. The summed E-state index contributed by atoms with van der Waals surface area (Å²) in [6.45, 7) is 0.690. The molecule has 3 rings (SSSR count). The number of amides is 1. The van der Waals surface area contributed by atoms with Crippen molar-refractivity contribution < 1.29 is 19.2 Å². The van der Waals surface area contributed by atoms with Crippen LogP contribution in [-0.2, 0) is 4.79 Å². The molecule has 8 heteroatoms. The van der Waals surface area contributed by atoms with Crippen LogP contribution in [0.3, 0.4) is 0 Å². The Morgan fingerprint density at radius 3 is 2.73 bits per heavy atom. The van der Waals surface area contributed by atoms with Crippen LogP contribution in [-0.4, -0.2) is 41.7 Å². The van der Waals surface area contributed by atoms with Crippen LogP contribution >= 0.6 is 11.8 Å². The Hall–Kier alpha value is -2.74. The molecule has 0 aliphatic carbocycles. The highest BCUT2D eigenvalue weighted by Crippen LogP contribution is 2.39. The molecule has 1 atom stereocenters. The van der Waals surface area contributed by atoms with Gasteiger partial charge in [-0.25, -0.2) is 0 Å². The average molecular weight is 374 g/mol. The van der Waals surface area contributed by atoms with Crippen LogP contribution in [0.4, 0.5) is 5.69 Å². The molecule has 0 aromatic heterocycles. The summed E-state index contributed by atoms with van der Waals surface area (Å²) in [4.78, 5) is 24.5. The lowest BCUT2D eigenvalue weighted by atomic mass is 10.2. The van der Waals surface area contributed by atoms with Crippen molar-refractivity contribution in [3.05, 3.63) is 64.2 Å². The van der Waals surface area contributed by atoms with Gasteiger partial charge in [0.15, 0.2) is 11.5 Å². The number of ether oxygens (including phenoxy) is 2. The molecule has 0 radical (unpaired) electrons. The van der Waals surface area contributed by atoms with E-state index in [0.717, 1.165) is 5.56 Å². The number of carbonyl (C=O) groups excluding carboxylic acids is 1. The van der Waals surface area contributed by atoms with Crippen LogP contribution in [0.5, 0.6) is 11.5 Å². The first kappa shape index (κ1) is 18.1. The maximum atomic E-state index is 12.2. The molecule has 2 aromatic rings. The number of benzene rings is 2. The topological polar surface area (TPSA) is 81.9 Å². The van der Waals surface area contributed by atoms with E-state index >= 15 is 0 Å². The minimum atomic E-state index is -0.430. The van der Waals surface area contributed by atoms with E-state index in [-0.39, 0.29) is 17.0 Å². The second-order valence-corrected chi connectivity index (χ2v) is 6.67. The summed E-state index contributed by atoms with van der Waals surface area (Å²) in [5.41, 5.74) is 0.764. The molecule has 1 saturated heterocycles. The molecule has 1 amide bonds. The third-order valence-electron chi connectivity index (χ3n) is 3.99. The number of hydrogen-bond acceptors (Lipinski definition) is 6. The van der Waals surface area contributed by atoms with Crippen molar-refractivity contribution >= 4 is 23.4 Å². The molecule has 1 heterocycles. The number of carbonyl (C=O) groups is 1. The van der Waals surface area contributed by atoms with Gasteiger partial charge in [0, 0.05) is 12.1 Å². The molecule has 0 saturated carbocycles. The zero-order valence-electron chi connectivity index (χ0n) is 14.2. The van der Waals surface area contributed by atoms with E-state index in [0.29, 0.717) is 30.4 Å². The van der Waals surface area contributed by atoms with E-state index in [2.05, 4.69) is 0 Å². The molecule has 0 bridgehead atoms. The summed E-state index contributed by atoms with van der Waals surface area (Å²) >= 11 is 1.46. The van der Waals surface area contributed by atoms with Gasteiger partial charge in [0.1, 0.15) is 12.0 Å². The van der Waals surface area contributed by atoms with Gasteiger partial charge in [0.25, 0.3) is 5.69 Å². The number of nitro groups is 1. The minimum absolute atomic E-state index is 0.00451. The van der Waals surface area contributed by atoms with Gasteiger partial charge in [0.2, 0.25) is 5.91 Å². The van der Waals surface area contributed by atoms with Crippen molar-refractivity contribution in [2.45, 2.75) is 5.37 Å². The molecule has 1 aliphatic rings. The zero-order valence-corrected chi connectivity index (χ0v) is 15.0. The van der Waals surface area contributed by atoms with E-state index in [9.17, 15) is 14.9 Å². The largest absolute Gasteiger partial charge is 0.493 e. The Morgan fingerprint density at radius 2 is 2.00 bits per heavy atom. The lowest BCUT2D eigenvalue weighted by Gasteiger charge is -2.24. The maximum Gasteiger partial charge on any atom is 0.269 e. The third kappa shape index (κ3) is 3.91. The van der Waals surface area contributed by atoms with Gasteiger partial charge in [-0.3, -0.25) is 14.9 Å². The van der Waals surface area contributed by atoms with Crippen molar-refractivity contribution in [2.75, 3.05) is 26.0 Å². The molecule has 0 N–H and O–H groups in total. The van der Waals surface area contributed by atoms with E-state index < -0.39 is 4.92 Å². The molecule has 1 fully saturated rings. The van der Waals surface area contributed by atoms with E-state index in [1.807, 2.05) is 12.1 Å². The fourth-order valence-corrected chi connectivity index (χ4v) is 3.96. The Bertz CT molecular complexity index is 814. The summed E-state index contributed by atoms with van der Waals surface area (Å²) in [6.07, 6.45) is 0. The van der Waals surface area contributed by atoms with Gasteiger partial charge in [-0.1, -0.05) is 24.3 Å². The highest BCUT2D eigenvalue weighted by molar-refractivity contribution is 8.00. The Morgan fingerprint density at radius 1 is 1.23 bits per heavy atom. The van der Waals surface area contributed by atoms with Crippen LogP contribution in [0.15, 0.2) is 48.5 Å². The van der Waals surface area contributed by atoms with Crippen molar-refractivity contribution in [3.8, 4) is 11.5 Å². The van der Waals surface area contributed by atoms with Crippen molar-refractivity contribution in [1.29, 1.82) is 0 Å². The summed E-state index contributed by atoms with van der Waals surface area (Å²) in [6, 6.07) is 13.7. The number of nitrogens with zero attached hydrogens (tertiary/aromatic N) is 2. The molecule has 7 nitrogen and oxygen atoms in total. The number of hydrogen-bond donors (Lipinski definition) is 0. The first-order valence-electron chi connectivity index (χ1n) is 8.01. The fraction of sp³-hybridized carbons (Fsp3) is 0.278. The minimum Gasteiger partial charge on any atom is -0.493 e.